The molecule has 4 heterocycles. The summed E-state index contributed by atoms with van der Waals surface area (Å²) in [4.78, 5) is 152. The van der Waals surface area contributed by atoms with Crippen LogP contribution in [0.1, 0.15) is 83.5 Å². The van der Waals surface area contributed by atoms with Gasteiger partial charge in [-0.2, -0.15) is 33.5 Å². The number of anilines is 4. The number of aliphatic carboxylic acids is 1. The first-order valence-corrected chi connectivity index (χ1v) is 35.2. The zero-order valence-corrected chi connectivity index (χ0v) is 53.3. The van der Waals surface area contributed by atoms with Crippen molar-refractivity contribution in [3.05, 3.63) is 104 Å². The number of nitrogens with zero attached hydrogens (tertiary/aromatic N) is 6. The standard InChI is InChI=1S/C55H67N15O14S6/c56-54-67-47-45(51(78)69-54)63-37(30-61-47)28-59-35-7-3-33(4-8-35)49(76)65-40(53(80)81)12-11-39(72)2-1-20-87-89-26-24-85-21-15-43(74)82-18-19-83-44(75)16-22-86-25-27-90-88-23-17-58-41(73)13-14-42(84-32-71)66-50(77)34-5-9-36(10-6-34)60-29-38-31-62-48-46(64-38)52(79)70-55(57)68-48/h3-10,30-32,40,42,59-60H,1-2,11-29H2,(H,58,73)(H,65,76)(H,66,77)(H,80,81)(H3,56,61,67,69,78)(H3,57,62,68,70,79). The Kier molecular flexibility index (Phi) is 31.1. The highest BCUT2D eigenvalue weighted by atomic mass is 33.1. The molecule has 6 rings (SSSR count). The number of ether oxygens (including phenoxy) is 3. The molecule has 4 aromatic heterocycles. The number of hydrogen-bond donors (Lipinski definition) is 10. The number of H-pyrrole nitrogens is 2. The van der Waals surface area contributed by atoms with Crippen LogP contribution >= 0.6 is 66.7 Å². The number of nitrogens with two attached hydrogens (primary N) is 2. The fraction of sp³-hybridized carbons (Fsp3) is 0.418. The van der Waals surface area contributed by atoms with Crippen LogP contribution in [0.25, 0.3) is 22.3 Å². The number of Topliss-reactive ketones (excluding diaryl/α,β-unsaturated/α-hetero) is 1. The number of thioether (sulfide) groups is 2. The number of esters is 2. The molecule has 2 aromatic carbocycles. The Morgan fingerprint density at radius 1 is 0.589 bits per heavy atom. The van der Waals surface area contributed by atoms with E-state index in [-0.39, 0.29) is 147 Å². The lowest BCUT2D eigenvalue weighted by Crippen LogP contribution is -2.41. The number of carbonyl (C=O) groups is 8. The van der Waals surface area contributed by atoms with Crippen molar-refractivity contribution >= 4 is 160 Å². The molecule has 29 nitrogen and oxygen atoms in total. The van der Waals surface area contributed by atoms with Crippen molar-refractivity contribution in [3.8, 4) is 0 Å². The molecule has 0 saturated carbocycles. The van der Waals surface area contributed by atoms with E-state index in [0.717, 1.165) is 28.8 Å². The Bertz CT molecular complexity index is 3500. The summed E-state index contributed by atoms with van der Waals surface area (Å²) in [6.45, 7) is 1.02. The summed E-state index contributed by atoms with van der Waals surface area (Å²) in [5, 5.41) is 23.9. The first kappa shape index (κ1) is 71.2. The van der Waals surface area contributed by atoms with E-state index in [0.29, 0.717) is 53.0 Å². The number of fused-ring (bicyclic) bond motifs is 2. The van der Waals surface area contributed by atoms with Crippen LogP contribution in [0, 0.1) is 0 Å². The van der Waals surface area contributed by atoms with Crippen LogP contribution in [-0.4, -0.2) is 171 Å². The molecule has 0 aliphatic heterocycles. The highest BCUT2D eigenvalue weighted by Gasteiger charge is 2.23. The maximum absolute atomic E-state index is 12.9. The number of hydrogen-bond acceptors (Lipinski definition) is 29. The molecule has 0 radical (unpaired) electrons. The number of nitrogen functional groups attached to an aromatic ring is 2. The van der Waals surface area contributed by atoms with E-state index in [1.54, 1.807) is 103 Å². The van der Waals surface area contributed by atoms with Gasteiger partial charge >= 0.3 is 17.9 Å². The molecular formula is C55H67N15O14S6. The number of carbonyl (C=O) groups excluding carboxylic acids is 7. The molecule has 6 aromatic rings. The second kappa shape index (κ2) is 39.3. The van der Waals surface area contributed by atoms with Gasteiger partial charge in [0.1, 0.15) is 25.0 Å². The fourth-order valence-electron chi connectivity index (χ4n) is 7.68. The van der Waals surface area contributed by atoms with Crippen LogP contribution in [0.5, 0.6) is 0 Å². The molecule has 0 bridgehead atoms. The van der Waals surface area contributed by atoms with E-state index in [1.165, 1.54) is 24.5 Å². The number of benzene rings is 2. The predicted molar refractivity (Wildman–Crippen MR) is 351 cm³/mol. The lowest BCUT2D eigenvalue weighted by Gasteiger charge is -2.17. The van der Waals surface area contributed by atoms with Crippen LogP contribution in [0.2, 0.25) is 0 Å². The monoisotopic (exact) mass is 1350 g/mol. The molecule has 3 amide bonds. The van der Waals surface area contributed by atoms with Gasteiger partial charge in [-0.15, -0.1) is 0 Å². The number of carboxylic acids is 1. The molecule has 0 fully saturated rings. The topological polar surface area (TPSA) is 440 Å². The second-order valence-corrected chi connectivity index (χ2v) is 26.8. The van der Waals surface area contributed by atoms with Gasteiger partial charge in [0.15, 0.2) is 28.6 Å². The van der Waals surface area contributed by atoms with Crippen molar-refractivity contribution in [1.29, 1.82) is 0 Å². The predicted octanol–water partition coefficient (Wildman–Crippen LogP) is 4.36. The maximum atomic E-state index is 12.9. The average molecular weight is 1350 g/mol. The summed E-state index contributed by atoms with van der Waals surface area (Å²) in [6.07, 6.45) is 3.28. The third kappa shape index (κ3) is 26.3. The summed E-state index contributed by atoms with van der Waals surface area (Å²) in [5.41, 5.74) is 13.2. The number of aromatic amines is 2. The minimum Gasteiger partial charge on any atom is -0.480 e. The quantitative estimate of drug-likeness (QED) is 0.00634. The number of rotatable bonds is 43. The van der Waals surface area contributed by atoms with Crippen molar-refractivity contribution in [3.63, 3.8) is 0 Å². The molecule has 0 spiro atoms. The highest BCUT2D eigenvalue weighted by molar-refractivity contribution is 8.77. The summed E-state index contributed by atoms with van der Waals surface area (Å²) < 4.78 is 15.4. The van der Waals surface area contributed by atoms with Gasteiger partial charge in [0.25, 0.3) is 29.4 Å². The Labute approximate surface area is 539 Å². The van der Waals surface area contributed by atoms with E-state index in [4.69, 9.17) is 25.7 Å². The molecule has 0 aliphatic carbocycles. The van der Waals surface area contributed by atoms with Gasteiger partial charge in [0, 0.05) is 101 Å². The average Bonchev–Trinajstić information content (AvgIpc) is 1.29. The van der Waals surface area contributed by atoms with E-state index in [2.05, 4.69) is 66.5 Å². The normalized spacial score (nSPS) is 11.7. The Balaban J connectivity index is 0.675. The second-order valence-electron chi connectivity index (χ2n) is 18.9. The molecule has 90 heavy (non-hydrogen) atoms. The third-order valence-electron chi connectivity index (χ3n) is 12.2. The van der Waals surface area contributed by atoms with Crippen molar-refractivity contribution in [1.82, 2.24) is 55.8 Å². The van der Waals surface area contributed by atoms with Gasteiger partial charge in [-0.1, -0.05) is 43.2 Å². The molecular weight excluding hydrogens is 1290 g/mol. The van der Waals surface area contributed by atoms with E-state index in [9.17, 15) is 53.1 Å². The zero-order valence-electron chi connectivity index (χ0n) is 48.4. The Morgan fingerprint density at radius 2 is 1.09 bits per heavy atom. The number of aromatic nitrogens is 8. The number of ketones is 1. The highest BCUT2D eigenvalue weighted by Crippen LogP contribution is 2.25. The van der Waals surface area contributed by atoms with Crippen molar-refractivity contribution in [2.24, 2.45) is 0 Å². The summed E-state index contributed by atoms with van der Waals surface area (Å²) in [5.74, 6) is 2.22. The van der Waals surface area contributed by atoms with Gasteiger partial charge in [-0.05, 0) is 61.4 Å². The van der Waals surface area contributed by atoms with Gasteiger partial charge < -0.3 is 57.4 Å². The van der Waals surface area contributed by atoms with Crippen LogP contribution in [-0.2, 0) is 56.1 Å². The first-order valence-electron chi connectivity index (χ1n) is 27.9. The van der Waals surface area contributed by atoms with E-state index >= 15 is 0 Å². The van der Waals surface area contributed by atoms with Crippen LogP contribution in [0.15, 0.2) is 70.5 Å². The van der Waals surface area contributed by atoms with Gasteiger partial charge in [0.05, 0.1) is 49.7 Å². The minimum atomic E-state index is -1.25. The molecule has 0 aliphatic rings. The van der Waals surface area contributed by atoms with Crippen molar-refractivity contribution < 1.29 is 57.7 Å². The number of nitrogens with one attached hydrogen (secondary N) is 7. The summed E-state index contributed by atoms with van der Waals surface area (Å²) in [6, 6.07) is 11.5. The van der Waals surface area contributed by atoms with Gasteiger partial charge in [0.2, 0.25) is 17.8 Å². The minimum absolute atomic E-state index is 0.00534. The van der Waals surface area contributed by atoms with Crippen LogP contribution in [0.4, 0.5) is 23.3 Å². The fourth-order valence-corrected chi connectivity index (χ4v) is 14.4. The van der Waals surface area contributed by atoms with E-state index in [1.807, 2.05) is 0 Å². The Morgan fingerprint density at radius 3 is 1.60 bits per heavy atom. The number of carboxylic acid groups (broad SMARTS) is 1. The first-order chi connectivity index (χ1) is 43.5. The molecule has 35 heteroatoms. The smallest absolute Gasteiger partial charge is 0.326 e. The molecule has 0 saturated heterocycles. The van der Waals surface area contributed by atoms with Crippen LogP contribution in [0.3, 0.4) is 0 Å². The largest absolute Gasteiger partial charge is 0.480 e. The molecule has 2 unspecified atom stereocenters. The maximum Gasteiger partial charge on any atom is 0.326 e. The zero-order chi connectivity index (χ0) is 64.5. The lowest BCUT2D eigenvalue weighted by molar-refractivity contribution is -0.151. The van der Waals surface area contributed by atoms with Gasteiger partial charge in [-0.25, -0.2) is 24.7 Å². The third-order valence-corrected chi connectivity index (χ3v) is 19.6. The number of amides is 3. The van der Waals surface area contributed by atoms with E-state index < -0.39 is 41.2 Å². The molecule has 482 valence electrons. The van der Waals surface area contributed by atoms with Gasteiger partial charge in [-0.3, -0.25) is 53.1 Å². The molecule has 12 N–H and O–H groups in total. The SMILES string of the molecule is Nc1nc2ncc(CNc3ccc(C(=O)NC(CCC(=O)NCCSSCCSCCC(=O)OCCOC(=O)CCSCCSSCCCC(=O)CCC(NC(=O)c4ccc(NCc5cnc6nc(N)[nH]c(=O)c6n5)cc4)C(=O)O)OC=O)cc3)nc2c(=O)[nH]1. The van der Waals surface area contributed by atoms with Crippen LogP contribution < -0.4 is 49.2 Å². The Hall–Kier alpha value is -7.86. The summed E-state index contributed by atoms with van der Waals surface area (Å²) >= 11 is 3.22. The lowest BCUT2D eigenvalue weighted by atomic mass is 10.1. The summed E-state index contributed by atoms with van der Waals surface area (Å²) in [7, 11) is 6.52. The van der Waals surface area contributed by atoms with Crippen molar-refractivity contribution in [2.75, 3.05) is 87.9 Å². The van der Waals surface area contributed by atoms with Crippen molar-refractivity contribution in [2.45, 2.75) is 76.7 Å². The molecule has 2 atom stereocenters.